The van der Waals surface area contributed by atoms with E-state index in [1.807, 2.05) is 12.1 Å². The maximum atomic E-state index is 5.74. The summed E-state index contributed by atoms with van der Waals surface area (Å²) in [6, 6.07) is 9.02. The van der Waals surface area contributed by atoms with Crippen molar-refractivity contribution in [1.82, 2.24) is 0 Å². The van der Waals surface area contributed by atoms with Crippen molar-refractivity contribution in [2.75, 3.05) is 21.3 Å². The molecule has 0 unspecified atom stereocenters. The quantitative estimate of drug-likeness (QED) is 0.565. The van der Waals surface area contributed by atoms with Gasteiger partial charge < -0.3 is 13.3 Å². The van der Waals surface area contributed by atoms with Gasteiger partial charge in [-0.1, -0.05) is 24.3 Å². The first-order valence-corrected chi connectivity index (χ1v) is 7.95. The fraction of sp³-hybridized carbons (Fsp3) is 0.500. The molecular weight excluding hydrogens is 256 g/mol. The average Bonchev–Trinajstić information content (AvgIpc) is 2.41. The highest BCUT2D eigenvalue weighted by atomic mass is 35.5. The van der Waals surface area contributed by atoms with E-state index in [1.165, 1.54) is 5.56 Å². The van der Waals surface area contributed by atoms with Gasteiger partial charge in [0, 0.05) is 33.3 Å². The van der Waals surface area contributed by atoms with Crippen LogP contribution in [0, 0.1) is 0 Å². The first-order chi connectivity index (χ1) is 8.19. The molecular formula is C12H19ClO3Si. The van der Waals surface area contributed by atoms with Gasteiger partial charge in [0.05, 0.1) is 0 Å². The lowest BCUT2D eigenvalue weighted by atomic mass is 10.1. The predicted molar refractivity (Wildman–Crippen MR) is 71.3 cm³/mol. The van der Waals surface area contributed by atoms with Crippen LogP contribution in [0.2, 0.25) is 6.04 Å². The molecule has 96 valence electrons. The minimum atomic E-state index is -2.45. The zero-order valence-corrected chi connectivity index (χ0v) is 12.3. The molecule has 0 saturated heterocycles. The maximum absolute atomic E-state index is 5.74. The maximum Gasteiger partial charge on any atom is 0.500 e. The van der Waals surface area contributed by atoms with Crippen molar-refractivity contribution in [2.45, 2.75) is 18.3 Å². The largest absolute Gasteiger partial charge is 0.500 e. The first kappa shape index (κ1) is 14.7. The van der Waals surface area contributed by atoms with Crippen molar-refractivity contribution >= 4 is 20.4 Å². The van der Waals surface area contributed by atoms with Crippen LogP contribution in [0.25, 0.3) is 0 Å². The molecule has 1 aromatic carbocycles. The van der Waals surface area contributed by atoms with Gasteiger partial charge in [-0.15, -0.1) is 11.6 Å². The van der Waals surface area contributed by atoms with E-state index in [9.17, 15) is 0 Å². The van der Waals surface area contributed by atoms with E-state index >= 15 is 0 Å². The third-order valence-electron chi connectivity index (χ3n) is 2.83. The van der Waals surface area contributed by atoms with Gasteiger partial charge in [0.25, 0.3) is 0 Å². The van der Waals surface area contributed by atoms with Crippen LogP contribution in [-0.4, -0.2) is 30.1 Å². The number of alkyl halides is 1. The molecule has 3 nitrogen and oxygen atoms in total. The molecule has 0 bridgehead atoms. The van der Waals surface area contributed by atoms with Crippen molar-refractivity contribution in [2.24, 2.45) is 0 Å². The fourth-order valence-corrected chi connectivity index (χ4v) is 3.53. The Balaban J connectivity index is 2.59. The van der Waals surface area contributed by atoms with Gasteiger partial charge in [0.1, 0.15) is 0 Å². The fourth-order valence-electron chi connectivity index (χ4n) is 1.65. The van der Waals surface area contributed by atoms with Gasteiger partial charge in [-0.25, -0.2) is 0 Å². The summed E-state index contributed by atoms with van der Waals surface area (Å²) < 4.78 is 16.1. The molecule has 0 N–H and O–H groups in total. The summed E-state index contributed by atoms with van der Waals surface area (Å²) in [7, 11) is 2.46. The molecule has 0 fully saturated rings. The van der Waals surface area contributed by atoms with Crippen LogP contribution >= 0.6 is 11.6 Å². The lowest BCUT2D eigenvalue weighted by Gasteiger charge is -2.24. The van der Waals surface area contributed by atoms with Crippen molar-refractivity contribution < 1.29 is 13.3 Å². The average molecular weight is 275 g/mol. The van der Waals surface area contributed by atoms with E-state index in [0.717, 1.165) is 18.0 Å². The highest BCUT2D eigenvalue weighted by Gasteiger charge is 2.36. The molecule has 0 amide bonds. The number of hydrogen-bond acceptors (Lipinski definition) is 3. The summed E-state index contributed by atoms with van der Waals surface area (Å²) in [5.41, 5.74) is 2.37. The number of rotatable bonds is 7. The molecule has 0 aliphatic rings. The van der Waals surface area contributed by atoms with Crippen LogP contribution in [0.5, 0.6) is 0 Å². The molecule has 0 heterocycles. The topological polar surface area (TPSA) is 27.7 Å². The Kier molecular flexibility index (Phi) is 6.15. The molecule has 0 saturated carbocycles. The lowest BCUT2D eigenvalue weighted by molar-refractivity contribution is 0.123. The van der Waals surface area contributed by atoms with Crippen LogP contribution in [-0.2, 0) is 25.6 Å². The van der Waals surface area contributed by atoms with Gasteiger partial charge in [0.15, 0.2) is 0 Å². The lowest BCUT2D eigenvalue weighted by Crippen LogP contribution is -2.43. The standard InChI is InChI=1S/C12H19ClO3Si/c1-14-17(15-2,16-3)9-8-11-4-6-12(10-13)7-5-11/h4-7H,8-10H2,1-3H3. The molecule has 1 aromatic rings. The summed E-state index contributed by atoms with van der Waals surface area (Å²) in [6.45, 7) is 0. The summed E-state index contributed by atoms with van der Waals surface area (Å²) in [6.07, 6.45) is 0.879. The zero-order valence-electron chi connectivity index (χ0n) is 10.5. The second-order valence-corrected chi connectivity index (χ2v) is 7.10. The van der Waals surface area contributed by atoms with Gasteiger partial charge in [-0.3, -0.25) is 0 Å². The van der Waals surface area contributed by atoms with E-state index in [1.54, 1.807) is 21.3 Å². The number of halogens is 1. The molecule has 1 rings (SSSR count). The van der Waals surface area contributed by atoms with Crippen LogP contribution in [0.4, 0.5) is 0 Å². The summed E-state index contributed by atoms with van der Waals surface area (Å²) in [5, 5.41) is 0. The number of benzene rings is 1. The van der Waals surface area contributed by atoms with E-state index in [4.69, 9.17) is 24.9 Å². The van der Waals surface area contributed by atoms with Crippen LogP contribution in [0.1, 0.15) is 11.1 Å². The number of hydrogen-bond donors (Lipinski definition) is 0. The van der Waals surface area contributed by atoms with Gasteiger partial charge in [-0.05, 0) is 17.5 Å². The van der Waals surface area contributed by atoms with Crippen LogP contribution < -0.4 is 0 Å². The van der Waals surface area contributed by atoms with Crippen molar-refractivity contribution in [3.63, 3.8) is 0 Å². The first-order valence-electron chi connectivity index (χ1n) is 5.49. The van der Waals surface area contributed by atoms with Crippen molar-refractivity contribution in [3.8, 4) is 0 Å². The Hall–Kier alpha value is -0.393. The van der Waals surface area contributed by atoms with E-state index in [2.05, 4.69) is 12.1 Å². The van der Waals surface area contributed by atoms with E-state index < -0.39 is 8.80 Å². The Morgan fingerprint density at radius 2 is 1.41 bits per heavy atom. The third kappa shape index (κ3) is 4.08. The summed E-state index contributed by atoms with van der Waals surface area (Å²) >= 11 is 5.74. The van der Waals surface area contributed by atoms with Gasteiger partial charge in [0.2, 0.25) is 0 Å². The minimum absolute atomic E-state index is 0.549. The van der Waals surface area contributed by atoms with Gasteiger partial charge >= 0.3 is 8.80 Å². The second-order valence-electron chi connectivity index (χ2n) is 3.75. The smallest absolute Gasteiger partial charge is 0.377 e. The second kappa shape index (κ2) is 7.13. The zero-order chi connectivity index (χ0) is 12.7. The molecule has 0 aliphatic carbocycles. The van der Waals surface area contributed by atoms with Crippen molar-refractivity contribution in [1.29, 1.82) is 0 Å². The minimum Gasteiger partial charge on any atom is -0.377 e. The van der Waals surface area contributed by atoms with Crippen LogP contribution in [0.15, 0.2) is 24.3 Å². The van der Waals surface area contributed by atoms with E-state index in [-0.39, 0.29) is 0 Å². The SMILES string of the molecule is CO[Si](CCc1ccc(CCl)cc1)(OC)OC. The highest BCUT2D eigenvalue weighted by molar-refractivity contribution is 6.60. The van der Waals surface area contributed by atoms with Crippen molar-refractivity contribution in [3.05, 3.63) is 35.4 Å². The summed E-state index contributed by atoms with van der Waals surface area (Å²) in [4.78, 5) is 0. The molecule has 5 heteroatoms. The predicted octanol–water partition coefficient (Wildman–Crippen LogP) is 2.85. The Bertz CT molecular complexity index is 317. The molecule has 0 atom stereocenters. The number of aryl methyl sites for hydroxylation is 1. The Morgan fingerprint density at radius 1 is 0.941 bits per heavy atom. The summed E-state index contributed by atoms with van der Waals surface area (Å²) in [5.74, 6) is 0.549. The monoisotopic (exact) mass is 274 g/mol. The molecule has 0 spiro atoms. The molecule has 0 radical (unpaired) electrons. The van der Waals surface area contributed by atoms with Gasteiger partial charge in [-0.2, -0.15) is 0 Å². The molecule has 0 aliphatic heterocycles. The van der Waals surface area contributed by atoms with E-state index in [0.29, 0.717) is 5.88 Å². The molecule has 17 heavy (non-hydrogen) atoms. The molecule has 0 aromatic heterocycles. The van der Waals surface area contributed by atoms with Crippen LogP contribution in [0.3, 0.4) is 0 Å². The third-order valence-corrected chi connectivity index (χ3v) is 5.87. The Labute approximate surface area is 109 Å². The normalized spacial score (nSPS) is 11.8. The highest BCUT2D eigenvalue weighted by Crippen LogP contribution is 2.17. The Morgan fingerprint density at radius 3 is 1.82 bits per heavy atom.